The van der Waals surface area contributed by atoms with Crippen molar-refractivity contribution < 1.29 is 9.52 Å². The number of β-amino-alcohol motifs (C(OH)–C–C–N with tert-alkyl or cyclic N) is 1. The monoisotopic (exact) mass is 266 g/mol. The first-order chi connectivity index (χ1) is 9.24. The molecule has 0 bridgehead atoms. The number of hydrogen-bond donors (Lipinski definition) is 2. The molecule has 2 N–H and O–H groups in total. The Morgan fingerprint density at radius 1 is 1.42 bits per heavy atom. The van der Waals surface area contributed by atoms with Crippen molar-refractivity contribution in [2.75, 3.05) is 26.2 Å². The Morgan fingerprint density at radius 3 is 2.89 bits per heavy atom. The van der Waals surface area contributed by atoms with Crippen LogP contribution >= 0.6 is 0 Å². The van der Waals surface area contributed by atoms with Crippen LogP contribution in [0.3, 0.4) is 0 Å². The summed E-state index contributed by atoms with van der Waals surface area (Å²) in [6.07, 6.45) is 5.99. The maximum Gasteiger partial charge on any atom is 0.103 e. The molecule has 1 aromatic rings. The zero-order valence-corrected chi connectivity index (χ0v) is 11.8. The standard InChI is InChI=1S/C15H26N2O2/c1-13(6-7-15-5-4-10-19-15)16-11-14(18)12-17-8-2-3-9-17/h4-5,10,13-14,16,18H,2-3,6-9,11-12H2,1H3. The molecular weight excluding hydrogens is 240 g/mol. The van der Waals surface area contributed by atoms with E-state index >= 15 is 0 Å². The van der Waals surface area contributed by atoms with Crippen LogP contribution in [0.5, 0.6) is 0 Å². The van der Waals surface area contributed by atoms with E-state index in [1.807, 2.05) is 12.1 Å². The Labute approximate surface area is 115 Å². The molecule has 0 spiro atoms. The second kappa shape index (κ2) is 7.68. The highest BCUT2D eigenvalue weighted by atomic mass is 16.3. The minimum absolute atomic E-state index is 0.260. The van der Waals surface area contributed by atoms with Gasteiger partial charge in [0.1, 0.15) is 5.76 Å². The lowest BCUT2D eigenvalue weighted by atomic mass is 10.1. The number of aliphatic hydroxyl groups is 1. The van der Waals surface area contributed by atoms with E-state index in [1.54, 1.807) is 6.26 Å². The summed E-state index contributed by atoms with van der Waals surface area (Å²) in [5, 5.41) is 13.4. The highest BCUT2D eigenvalue weighted by Crippen LogP contribution is 2.08. The molecule has 0 amide bonds. The first-order valence-electron chi connectivity index (χ1n) is 7.40. The fraction of sp³-hybridized carbons (Fsp3) is 0.733. The smallest absolute Gasteiger partial charge is 0.103 e. The van der Waals surface area contributed by atoms with Crippen molar-refractivity contribution in [1.29, 1.82) is 0 Å². The maximum absolute atomic E-state index is 9.99. The summed E-state index contributed by atoms with van der Waals surface area (Å²) in [5.41, 5.74) is 0. The summed E-state index contributed by atoms with van der Waals surface area (Å²) in [6.45, 7) is 5.93. The van der Waals surface area contributed by atoms with Crippen molar-refractivity contribution in [3.63, 3.8) is 0 Å². The van der Waals surface area contributed by atoms with E-state index in [1.165, 1.54) is 12.8 Å². The van der Waals surface area contributed by atoms with Crippen LogP contribution in [0.1, 0.15) is 31.9 Å². The second-order valence-corrected chi connectivity index (χ2v) is 5.59. The van der Waals surface area contributed by atoms with Gasteiger partial charge in [-0.05, 0) is 51.4 Å². The number of nitrogens with one attached hydrogen (secondary N) is 1. The van der Waals surface area contributed by atoms with Crippen LogP contribution in [-0.4, -0.2) is 48.3 Å². The third-order valence-electron chi connectivity index (χ3n) is 3.77. The number of likely N-dealkylation sites (tertiary alicyclic amines) is 1. The number of aryl methyl sites for hydroxylation is 1. The van der Waals surface area contributed by atoms with Gasteiger partial charge in [-0.15, -0.1) is 0 Å². The lowest BCUT2D eigenvalue weighted by molar-refractivity contribution is 0.120. The van der Waals surface area contributed by atoms with Gasteiger partial charge in [0.25, 0.3) is 0 Å². The highest BCUT2D eigenvalue weighted by Gasteiger charge is 2.16. The SMILES string of the molecule is CC(CCc1ccco1)NCC(O)CN1CCCC1. The molecule has 2 rings (SSSR count). The fourth-order valence-electron chi connectivity index (χ4n) is 2.58. The minimum atomic E-state index is -0.260. The Balaban J connectivity index is 1.55. The van der Waals surface area contributed by atoms with Gasteiger partial charge in [0.15, 0.2) is 0 Å². The molecular formula is C15H26N2O2. The molecule has 1 saturated heterocycles. The minimum Gasteiger partial charge on any atom is -0.469 e. The third kappa shape index (κ3) is 5.35. The number of rotatable bonds is 8. The maximum atomic E-state index is 9.99. The molecule has 0 aliphatic carbocycles. The number of aliphatic hydroxyl groups excluding tert-OH is 1. The van der Waals surface area contributed by atoms with E-state index in [4.69, 9.17) is 4.42 Å². The molecule has 1 aromatic heterocycles. The lowest BCUT2D eigenvalue weighted by Crippen LogP contribution is -2.40. The van der Waals surface area contributed by atoms with Gasteiger partial charge in [-0.25, -0.2) is 0 Å². The summed E-state index contributed by atoms with van der Waals surface area (Å²) in [5.74, 6) is 1.03. The Kier molecular flexibility index (Phi) is 5.89. The largest absolute Gasteiger partial charge is 0.469 e. The topological polar surface area (TPSA) is 48.6 Å². The van der Waals surface area contributed by atoms with Crippen molar-refractivity contribution >= 4 is 0 Å². The Morgan fingerprint density at radius 2 is 2.21 bits per heavy atom. The molecule has 0 saturated carbocycles. The third-order valence-corrected chi connectivity index (χ3v) is 3.77. The molecule has 19 heavy (non-hydrogen) atoms. The average Bonchev–Trinajstić information content (AvgIpc) is 3.06. The molecule has 1 aliphatic heterocycles. The quantitative estimate of drug-likeness (QED) is 0.751. The van der Waals surface area contributed by atoms with E-state index in [-0.39, 0.29) is 6.10 Å². The van der Waals surface area contributed by atoms with E-state index in [9.17, 15) is 5.11 Å². The van der Waals surface area contributed by atoms with Gasteiger partial charge in [-0.2, -0.15) is 0 Å². The molecule has 0 radical (unpaired) electrons. The lowest BCUT2D eigenvalue weighted by Gasteiger charge is -2.21. The molecule has 0 aromatic carbocycles. The summed E-state index contributed by atoms with van der Waals surface area (Å²) < 4.78 is 5.31. The molecule has 1 fully saturated rings. The Hall–Kier alpha value is -0.840. The van der Waals surface area contributed by atoms with Gasteiger partial charge < -0.3 is 19.7 Å². The summed E-state index contributed by atoms with van der Waals surface area (Å²) in [7, 11) is 0. The van der Waals surface area contributed by atoms with Crippen molar-refractivity contribution in [3.05, 3.63) is 24.2 Å². The molecule has 4 nitrogen and oxygen atoms in total. The van der Waals surface area contributed by atoms with Crippen LogP contribution in [0, 0.1) is 0 Å². The summed E-state index contributed by atoms with van der Waals surface area (Å²) in [6, 6.07) is 4.33. The first-order valence-corrected chi connectivity index (χ1v) is 7.40. The zero-order chi connectivity index (χ0) is 13.5. The number of hydrogen-bond acceptors (Lipinski definition) is 4. The van der Waals surface area contributed by atoms with Gasteiger partial charge in [-0.1, -0.05) is 0 Å². The molecule has 2 heterocycles. The summed E-state index contributed by atoms with van der Waals surface area (Å²) in [4.78, 5) is 2.35. The first kappa shape index (κ1) is 14.6. The van der Waals surface area contributed by atoms with Gasteiger partial charge in [0, 0.05) is 25.6 Å². The fourth-order valence-corrected chi connectivity index (χ4v) is 2.58. The van der Waals surface area contributed by atoms with Crippen LogP contribution in [0.2, 0.25) is 0 Å². The normalized spacial score (nSPS) is 19.7. The Bertz CT molecular complexity index is 334. The van der Waals surface area contributed by atoms with Crippen LogP contribution in [0.25, 0.3) is 0 Å². The van der Waals surface area contributed by atoms with Crippen molar-refractivity contribution in [2.45, 2.75) is 44.8 Å². The van der Waals surface area contributed by atoms with E-state index in [0.29, 0.717) is 12.6 Å². The number of nitrogens with zero attached hydrogens (tertiary/aromatic N) is 1. The predicted octanol–water partition coefficient (Wildman–Crippen LogP) is 1.65. The van der Waals surface area contributed by atoms with Gasteiger partial charge in [-0.3, -0.25) is 0 Å². The van der Waals surface area contributed by atoms with Gasteiger partial charge in [0.2, 0.25) is 0 Å². The van der Waals surface area contributed by atoms with Crippen molar-refractivity contribution in [3.8, 4) is 0 Å². The van der Waals surface area contributed by atoms with Crippen molar-refractivity contribution in [2.24, 2.45) is 0 Å². The highest BCUT2D eigenvalue weighted by molar-refractivity contribution is 4.98. The molecule has 1 aliphatic rings. The van der Waals surface area contributed by atoms with Crippen LogP contribution in [0.4, 0.5) is 0 Å². The van der Waals surface area contributed by atoms with Gasteiger partial charge >= 0.3 is 0 Å². The molecule has 2 unspecified atom stereocenters. The number of furan rings is 1. The van der Waals surface area contributed by atoms with Crippen LogP contribution in [0.15, 0.2) is 22.8 Å². The average molecular weight is 266 g/mol. The second-order valence-electron chi connectivity index (χ2n) is 5.59. The zero-order valence-electron chi connectivity index (χ0n) is 11.8. The van der Waals surface area contributed by atoms with E-state index in [0.717, 1.165) is 38.2 Å². The van der Waals surface area contributed by atoms with E-state index < -0.39 is 0 Å². The molecule has 4 heteroatoms. The van der Waals surface area contributed by atoms with Crippen LogP contribution in [-0.2, 0) is 6.42 Å². The van der Waals surface area contributed by atoms with Crippen molar-refractivity contribution in [1.82, 2.24) is 10.2 Å². The predicted molar refractivity (Wildman–Crippen MR) is 76.2 cm³/mol. The molecule has 108 valence electrons. The van der Waals surface area contributed by atoms with Gasteiger partial charge in [0.05, 0.1) is 12.4 Å². The van der Waals surface area contributed by atoms with Crippen LogP contribution < -0.4 is 5.32 Å². The van der Waals surface area contributed by atoms with E-state index in [2.05, 4.69) is 17.1 Å². The molecule has 2 atom stereocenters. The summed E-state index contributed by atoms with van der Waals surface area (Å²) >= 11 is 0.